The summed E-state index contributed by atoms with van der Waals surface area (Å²) in [5, 5.41) is 9.41. The number of aliphatic hydroxyl groups excluding tert-OH is 1. The first kappa shape index (κ1) is 22.5. The number of hydrogen-bond acceptors (Lipinski definition) is 4. The molecule has 5 nitrogen and oxygen atoms in total. The number of carbonyl (C=O) groups excluding carboxylic acids is 1. The van der Waals surface area contributed by atoms with Gasteiger partial charge in [0.05, 0.1) is 6.10 Å². The third-order valence-electron chi connectivity index (χ3n) is 5.06. The average Bonchev–Trinajstić information content (AvgIpc) is 2.58. The smallest absolute Gasteiger partial charge is 0.410 e. The molecule has 1 N–H and O–H groups in total. The molecule has 0 unspecified atom stereocenters. The molecular weight excluding hydrogens is 361 g/mol. The summed E-state index contributed by atoms with van der Waals surface area (Å²) < 4.78 is 25.3. The molecule has 1 amide bonds. The largest absolute Gasteiger partial charge is 0.491 e. The van der Waals surface area contributed by atoms with Crippen LogP contribution in [0.15, 0.2) is 18.2 Å². The number of ether oxygens (including phenoxy) is 2. The summed E-state index contributed by atoms with van der Waals surface area (Å²) in [5.74, 6) is 0.224. The number of rotatable bonds is 6. The zero-order valence-electron chi connectivity index (χ0n) is 17.8. The second kappa shape index (κ2) is 9.12. The molecule has 2 rings (SSSR count). The van der Waals surface area contributed by atoms with Crippen LogP contribution in [0.3, 0.4) is 0 Å². The number of carbonyl (C=O) groups is 1. The van der Waals surface area contributed by atoms with Crippen LogP contribution in [-0.2, 0) is 10.2 Å². The normalized spacial score (nSPS) is 16.9. The Morgan fingerprint density at radius 3 is 2.46 bits per heavy atom. The molecule has 0 bridgehead atoms. The van der Waals surface area contributed by atoms with Gasteiger partial charge in [0.1, 0.15) is 17.2 Å². The Kier molecular flexibility index (Phi) is 7.32. The summed E-state index contributed by atoms with van der Waals surface area (Å²) in [5.41, 5.74) is 0.163. The predicted molar refractivity (Wildman–Crippen MR) is 107 cm³/mol. The summed E-state index contributed by atoms with van der Waals surface area (Å²) >= 11 is 0. The lowest BCUT2D eigenvalue weighted by molar-refractivity contribution is 0.0153. The van der Waals surface area contributed by atoms with Crippen LogP contribution in [0.2, 0.25) is 0 Å². The lowest BCUT2D eigenvalue weighted by atomic mass is 9.69. The van der Waals surface area contributed by atoms with Gasteiger partial charge in [-0.05, 0) is 66.4 Å². The molecule has 0 spiro atoms. The lowest BCUT2D eigenvalue weighted by Crippen LogP contribution is -2.47. The number of halogens is 1. The Balaban J connectivity index is 2.27. The highest BCUT2D eigenvalue weighted by atomic mass is 19.1. The van der Waals surface area contributed by atoms with Gasteiger partial charge in [0, 0.05) is 36.7 Å². The zero-order chi connectivity index (χ0) is 20.9. The molecule has 1 aromatic carbocycles. The first-order valence-corrected chi connectivity index (χ1v) is 10.1. The molecule has 0 aromatic heterocycles. The van der Waals surface area contributed by atoms with E-state index < -0.39 is 5.60 Å². The van der Waals surface area contributed by atoms with E-state index in [4.69, 9.17) is 9.47 Å². The maximum absolute atomic E-state index is 13.9. The van der Waals surface area contributed by atoms with E-state index in [1.807, 2.05) is 34.6 Å². The molecule has 0 aliphatic carbocycles. The first-order chi connectivity index (χ1) is 13.1. The Morgan fingerprint density at radius 1 is 1.29 bits per heavy atom. The van der Waals surface area contributed by atoms with Gasteiger partial charge in [-0.25, -0.2) is 9.18 Å². The number of nitrogens with zero attached hydrogens (tertiary/aromatic N) is 1. The van der Waals surface area contributed by atoms with E-state index in [2.05, 4.69) is 0 Å². The highest BCUT2D eigenvalue weighted by Crippen LogP contribution is 2.44. The van der Waals surface area contributed by atoms with Gasteiger partial charge in [-0.3, -0.25) is 0 Å². The lowest BCUT2D eigenvalue weighted by Gasteiger charge is -2.43. The van der Waals surface area contributed by atoms with Crippen LogP contribution in [0.25, 0.3) is 0 Å². The molecule has 1 fully saturated rings. The van der Waals surface area contributed by atoms with Gasteiger partial charge in [0.15, 0.2) is 0 Å². The highest BCUT2D eigenvalue weighted by molar-refractivity contribution is 5.68. The van der Waals surface area contributed by atoms with E-state index in [0.29, 0.717) is 38.1 Å². The molecule has 1 aromatic rings. The van der Waals surface area contributed by atoms with Crippen LogP contribution in [-0.4, -0.2) is 47.5 Å². The fraction of sp³-hybridized carbons (Fsp3) is 0.682. The van der Waals surface area contributed by atoms with E-state index in [1.165, 1.54) is 12.1 Å². The molecule has 0 saturated carbocycles. The quantitative estimate of drug-likeness (QED) is 0.761. The number of benzene rings is 1. The summed E-state index contributed by atoms with van der Waals surface area (Å²) in [6.45, 7) is 10.6. The van der Waals surface area contributed by atoms with Crippen molar-refractivity contribution >= 4 is 6.09 Å². The van der Waals surface area contributed by atoms with Crippen molar-refractivity contribution in [2.75, 3.05) is 19.7 Å². The Labute approximate surface area is 167 Å². The van der Waals surface area contributed by atoms with Crippen molar-refractivity contribution in [3.63, 3.8) is 0 Å². The van der Waals surface area contributed by atoms with E-state index in [-0.39, 0.29) is 30.0 Å². The minimum atomic E-state index is -0.530. The fourth-order valence-electron chi connectivity index (χ4n) is 3.80. The number of amides is 1. The Morgan fingerprint density at radius 2 is 1.93 bits per heavy atom. The van der Waals surface area contributed by atoms with Crippen molar-refractivity contribution < 1.29 is 23.8 Å². The number of piperidine rings is 1. The zero-order valence-corrected chi connectivity index (χ0v) is 17.8. The number of likely N-dealkylation sites (tertiary alicyclic amines) is 1. The minimum Gasteiger partial charge on any atom is -0.491 e. The van der Waals surface area contributed by atoms with Crippen LogP contribution in [0.5, 0.6) is 5.75 Å². The maximum atomic E-state index is 13.9. The third-order valence-corrected chi connectivity index (χ3v) is 5.06. The molecule has 6 heteroatoms. The van der Waals surface area contributed by atoms with E-state index >= 15 is 0 Å². The SMILES string of the molecule is CC(C)Oc1cc(F)ccc1C1(CCCO)CCN(C(=O)OC(C)(C)C)CC1. The Bertz CT molecular complexity index is 661. The molecule has 0 atom stereocenters. The third kappa shape index (κ3) is 5.84. The fourth-order valence-corrected chi connectivity index (χ4v) is 3.80. The second-order valence-corrected chi connectivity index (χ2v) is 8.88. The van der Waals surface area contributed by atoms with Gasteiger partial charge < -0.3 is 19.5 Å². The summed E-state index contributed by atoms with van der Waals surface area (Å²) in [6.07, 6.45) is 2.45. The molecule has 158 valence electrons. The molecular formula is C22H34FNO4. The molecule has 28 heavy (non-hydrogen) atoms. The van der Waals surface area contributed by atoms with Gasteiger partial charge in [-0.2, -0.15) is 0 Å². The molecule has 1 heterocycles. The van der Waals surface area contributed by atoms with Crippen LogP contribution in [0.4, 0.5) is 9.18 Å². The van der Waals surface area contributed by atoms with Crippen LogP contribution >= 0.6 is 0 Å². The van der Waals surface area contributed by atoms with Crippen molar-refractivity contribution in [2.45, 2.75) is 77.4 Å². The number of aliphatic hydroxyl groups is 1. The van der Waals surface area contributed by atoms with Crippen LogP contribution in [0, 0.1) is 5.82 Å². The standard InChI is InChI=1S/C22H34FNO4/c1-16(2)27-19-15-17(23)7-8-18(19)22(9-6-14-25)10-12-24(13-11-22)20(26)28-21(3,4)5/h7-8,15-16,25H,6,9-14H2,1-5H3. The molecule has 1 aliphatic heterocycles. The van der Waals surface area contributed by atoms with Crippen molar-refractivity contribution in [3.8, 4) is 5.75 Å². The van der Waals surface area contributed by atoms with Gasteiger partial charge >= 0.3 is 6.09 Å². The molecule has 1 aliphatic rings. The average molecular weight is 396 g/mol. The van der Waals surface area contributed by atoms with Gasteiger partial charge in [-0.15, -0.1) is 0 Å². The summed E-state index contributed by atoms with van der Waals surface area (Å²) in [7, 11) is 0. The van der Waals surface area contributed by atoms with Gasteiger partial charge in [0.25, 0.3) is 0 Å². The van der Waals surface area contributed by atoms with E-state index in [0.717, 1.165) is 12.0 Å². The van der Waals surface area contributed by atoms with Crippen LogP contribution < -0.4 is 4.74 Å². The molecule has 1 saturated heterocycles. The monoisotopic (exact) mass is 395 g/mol. The van der Waals surface area contributed by atoms with Crippen molar-refractivity contribution in [2.24, 2.45) is 0 Å². The topological polar surface area (TPSA) is 59.0 Å². The number of hydrogen-bond donors (Lipinski definition) is 1. The van der Waals surface area contributed by atoms with E-state index in [1.54, 1.807) is 11.0 Å². The van der Waals surface area contributed by atoms with Gasteiger partial charge in [0.2, 0.25) is 0 Å². The minimum absolute atomic E-state index is 0.0719. The molecule has 0 radical (unpaired) electrons. The maximum Gasteiger partial charge on any atom is 0.410 e. The van der Waals surface area contributed by atoms with Crippen molar-refractivity contribution in [1.82, 2.24) is 4.90 Å². The van der Waals surface area contributed by atoms with Crippen LogP contribution in [0.1, 0.15) is 65.9 Å². The van der Waals surface area contributed by atoms with Crippen molar-refractivity contribution in [1.29, 1.82) is 0 Å². The Hall–Kier alpha value is -1.82. The highest BCUT2D eigenvalue weighted by Gasteiger charge is 2.40. The predicted octanol–water partition coefficient (Wildman–Crippen LogP) is 4.65. The summed E-state index contributed by atoms with van der Waals surface area (Å²) in [6, 6.07) is 4.70. The second-order valence-electron chi connectivity index (χ2n) is 8.88. The summed E-state index contributed by atoms with van der Waals surface area (Å²) in [4.78, 5) is 14.2. The van der Waals surface area contributed by atoms with Crippen molar-refractivity contribution in [3.05, 3.63) is 29.6 Å². The first-order valence-electron chi connectivity index (χ1n) is 10.1. The van der Waals surface area contributed by atoms with E-state index in [9.17, 15) is 14.3 Å². The van der Waals surface area contributed by atoms with Gasteiger partial charge in [-0.1, -0.05) is 6.07 Å².